The molecule has 2 rings (SSSR count). The van der Waals surface area contributed by atoms with E-state index in [-0.39, 0.29) is 12.5 Å². The third kappa shape index (κ3) is 5.95. The van der Waals surface area contributed by atoms with E-state index in [1.54, 1.807) is 6.21 Å². The predicted octanol–water partition coefficient (Wildman–Crippen LogP) is 3.40. The van der Waals surface area contributed by atoms with E-state index < -0.39 is 0 Å². The van der Waals surface area contributed by atoms with Crippen LogP contribution in [0.2, 0.25) is 0 Å². The number of nitrogens with zero attached hydrogens (tertiary/aromatic N) is 2. The Hall–Kier alpha value is -2.82. The van der Waals surface area contributed by atoms with Crippen LogP contribution in [0.25, 0.3) is 0 Å². The minimum Gasteiger partial charge on any atom is -0.376 e. The number of carbonyl (C=O) groups excluding carboxylic acids is 1. The van der Waals surface area contributed by atoms with Crippen LogP contribution in [0.3, 0.4) is 0 Å². The Morgan fingerprint density at radius 1 is 1.12 bits per heavy atom. The second-order valence-corrected chi connectivity index (χ2v) is 5.78. The third-order valence-corrected chi connectivity index (χ3v) is 3.90. The van der Waals surface area contributed by atoms with E-state index in [0.29, 0.717) is 0 Å². The van der Waals surface area contributed by atoms with Gasteiger partial charge in [-0.15, -0.1) is 0 Å². The summed E-state index contributed by atoms with van der Waals surface area (Å²) in [5, 5.41) is 7.08. The van der Waals surface area contributed by atoms with Crippen LogP contribution in [-0.4, -0.2) is 31.8 Å². The fourth-order valence-corrected chi connectivity index (χ4v) is 2.52. The van der Waals surface area contributed by atoms with Gasteiger partial charge in [-0.05, 0) is 56.2 Å². The fraction of sp³-hybridized carbons (Fsp3) is 0.300. The van der Waals surface area contributed by atoms with Crippen LogP contribution in [0.15, 0.2) is 53.6 Å². The van der Waals surface area contributed by atoms with Crippen LogP contribution in [0, 0.1) is 6.92 Å². The molecule has 132 valence electrons. The van der Waals surface area contributed by atoms with Gasteiger partial charge in [-0.25, -0.2) is 5.43 Å². The molecule has 2 aromatic rings. The number of anilines is 2. The van der Waals surface area contributed by atoms with Gasteiger partial charge in [0.15, 0.2) is 0 Å². The van der Waals surface area contributed by atoms with E-state index in [1.165, 1.54) is 5.69 Å². The van der Waals surface area contributed by atoms with Crippen molar-refractivity contribution >= 4 is 23.5 Å². The highest BCUT2D eigenvalue weighted by Crippen LogP contribution is 2.14. The van der Waals surface area contributed by atoms with Crippen LogP contribution in [0.1, 0.15) is 25.0 Å². The summed E-state index contributed by atoms with van der Waals surface area (Å²) >= 11 is 0. The van der Waals surface area contributed by atoms with Gasteiger partial charge in [0.05, 0.1) is 12.8 Å². The molecular weight excluding hydrogens is 312 g/mol. The molecule has 0 saturated carbocycles. The molecule has 2 aromatic carbocycles. The summed E-state index contributed by atoms with van der Waals surface area (Å²) in [7, 11) is 0. The number of aryl methyl sites for hydroxylation is 1. The first-order valence-corrected chi connectivity index (χ1v) is 8.59. The molecule has 0 aliphatic heterocycles. The Labute approximate surface area is 149 Å². The highest BCUT2D eigenvalue weighted by atomic mass is 16.2. The molecule has 2 N–H and O–H groups in total. The fourth-order valence-electron chi connectivity index (χ4n) is 2.52. The minimum atomic E-state index is -0.183. The van der Waals surface area contributed by atoms with Crippen LogP contribution >= 0.6 is 0 Å². The van der Waals surface area contributed by atoms with E-state index >= 15 is 0 Å². The summed E-state index contributed by atoms with van der Waals surface area (Å²) in [5.41, 5.74) is 6.74. The Kier molecular flexibility index (Phi) is 7.01. The van der Waals surface area contributed by atoms with Gasteiger partial charge in [0.2, 0.25) is 0 Å². The number of rotatable bonds is 8. The van der Waals surface area contributed by atoms with E-state index in [2.05, 4.69) is 46.7 Å². The van der Waals surface area contributed by atoms with E-state index in [1.807, 2.05) is 43.3 Å². The average molecular weight is 338 g/mol. The van der Waals surface area contributed by atoms with Gasteiger partial charge < -0.3 is 10.2 Å². The van der Waals surface area contributed by atoms with Crippen LogP contribution in [-0.2, 0) is 4.79 Å². The van der Waals surface area contributed by atoms with Gasteiger partial charge in [-0.1, -0.05) is 24.3 Å². The number of hydrogen-bond donors (Lipinski definition) is 2. The standard InChI is InChI=1S/C20H26N4O/c1-4-24(5-2)19-11-9-17(10-12-19)14-22-23-20(25)15-21-18-8-6-7-16(3)13-18/h6-14,21H,4-5,15H2,1-3H3,(H,23,25)/b22-14+. The normalized spacial score (nSPS) is 10.7. The van der Waals surface area contributed by atoms with E-state index in [0.717, 1.165) is 29.9 Å². The molecule has 0 fully saturated rings. The van der Waals surface area contributed by atoms with Gasteiger partial charge in [0.1, 0.15) is 0 Å². The highest BCUT2D eigenvalue weighted by molar-refractivity contribution is 5.84. The molecule has 0 saturated heterocycles. The Morgan fingerprint density at radius 2 is 1.84 bits per heavy atom. The zero-order valence-electron chi connectivity index (χ0n) is 15.1. The first-order chi connectivity index (χ1) is 12.1. The zero-order chi connectivity index (χ0) is 18.1. The summed E-state index contributed by atoms with van der Waals surface area (Å²) in [6, 6.07) is 16.0. The Bertz CT molecular complexity index is 706. The molecule has 0 spiro atoms. The highest BCUT2D eigenvalue weighted by Gasteiger charge is 2.01. The lowest BCUT2D eigenvalue weighted by Crippen LogP contribution is -2.25. The van der Waals surface area contributed by atoms with Crippen molar-refractivity contribution in [2.45, 2.75) is 20.8 Å². The van der Waals surface area contributed by atoms with Gasteiger partial charge >= 0.3 is 0 Å². The predicted molar refractivity (Wildman–Crippen MR) is 105 cm³/mol. The van der Waals surface area contributed by atoms with Crippen molar-refractivity contribution in [2.75, 3.05) is 29.9 Å². The topological polar surface area (TPSA) is 56.7 Å². The van der Waals surface area contributed by atoms with Crippen molar-refractivity contribution < 1.29 is 4.79 Å². The zero-order valence-corrected chi connectivity index (χ0v) is 15.1. The molecular formula is C20H26N4O. The largest absolute Gasteiger partial charge is 0.376 e. The third-order valence-electron chi connectivity index (χ3n) is 3.90. The molecule has 5 heteroatoms. The second kappa shape index (κ2) is 9.47. The maximum atomic E-state index is 11.8. The number of amides is 1. The molecule has 0 atom stereocenters. The average Bonchev–Trinajstić information content (AvgIpc) is 2.62. The quantitative estimate of drug-likeness (QED) is 0.573. The number of nitrogens with one attached hydrogen (secondary N) is 2. The monoisotopic (exact) mass is 338 g/mol. The summed E-state index contributed by atoms with van der Waals surface area (Å²) in [6.45, 7) is 8.43. The number of hydrogen-bond acceptors (Lipinski definition) is 4. The molecule has 1 amide bonds. The first-order valence-electron chi connectivity index (χ1n) is 8.59. The minimum absolute atomic E-state index is 0.182. The van der Waals surface area contributed by atoms with Crippen LogP contribution in [0.5, 0.6) is 0 Å². The van der Waals surface area contributed by atoms with Gasteiger partial charge in [0.25, 0.3) is 5.91 Å². The molecule has 0 unspecified atom stereocenters. The molecule has 25 heavy (non-hydrogen) atoms. The molecule has 0 bridgehead atoms. The lowest BCUT2D eigenvalue weighted by atomic mass is 10.2. The number of hydrazone groups is 1. The molecule has 0 aromatic heterocycles. The van der Waals surface area contributed by atoms with Gasteiger partial charge in [0, 0.05) is 24.5 Å². The number of benzene rings is 2. The molecule has 0 heterocycles. The van der Waals surface area contributed by atoms with Crippen molar-refractivity contribution in [3.8, 4) is 0 Å². The first kappa shape index (κ1) is 18.5. The van der Waals surface area contributed by atoms with E-state index in [4.69, 9.17) is 0 Å². The molecule has 0 radical (unpaired) electrons. The summed E-state index contributed by atoms with van der Waals surface area (Å²) in [6.07, 6.45) is 1.65. The van der Waals surface area contributed by atoms with Crippen molar-refractivity contribution in [1.29, 1.82) is 0 Å². The molecule has 0 aliphatic carbocycles. The van der Waals surface area contributed by atoms with Crippen LogP contribution in [0.4, 0.5) is 11.4 Å². The summed E-state index contributed by atoms with van der Waals surface area (Å²) < 4.78 is 0. The Morgan fingerprint density at radius 3 is 2.48 bits per heavy atom. The maximum absolute atomic E-state index is 11.8. The summed E-state index contributed by atoms with van der Waals surface area (Å²) in [5.74, 6) is -0.183. The van der Waals surface area contributed by atoms with Crippen LogP contribution < -0.4 is 15.6 Å². The van der Waals surface area contributed by atoms with Gasteiger partial charge in [-0.2, -0.15) is 5.10 Å². The molecule has 0 aliphatic rings. The van der Waals surface area contributed by atoms with Crippen molar-refractivity contribution in [2.24, 2.45) is 5.10 Å². The van der Waals surface area contributed by atoms with Gasteiger partial charge in [-0.3, -0.25) is 4.79 Å². The summed E-state index contributed by atoms with van der Waals surface area (Å²) in [4.78, 5) is 14.1. The lowest BCUT2D eigenvalue weighted by molar-refractivity contribution is -0.119. The smallest absolute Gasteiger partial charge is 0.259 e. The number of carbonyl (C=O) groups is 1. The maximum Gasteiger partial charge on any atom is 0.259 e. The Balaban J connectivity index is 1.80. The van der Waals surface area contributed by atoms with Crippen molar-refractivity contribution in [3.63, 3.8) is 0 Å². The second-order valence-electron chi connectivity index (χ2n) is 5.78. The molecule has 5 nitrogen and oxygen atoms in total. The lowest BCUT2D eigenvalue weighted by Gasteiger charge is -2.20. The van der Waals surface area contributed by atoms with E-state index in [9.17, 15) is 4.79 Å². The van der Waals surface area contributed by atoms with Crippen molar-refractivity contribution in [3.05, 3.63) is 59.7 Å². The SMILES string of the molecule is CCN(CC)c1ccc(/C=N/NC(=O)CNc2cccc(C)c2)cc1. The van der Waals surface area contributed by atoms with Crippen molar-refractivity contribution in [1.82, 2.24) is 5.43 Å².